The predicted octanol–water partition coefficient (Wildman–Crippen LogP) is 3.02. The number of halogens is 3. The van der Waals surface area contributed by atoms with Gasteiger partial charge in [-0.05, 0) is 37.0 Å². The summed E-state index contributed by atoms with van der Waals surface area (Å²) in [5, 5.41) is 4.29. The third-order valence-electron chi connectivity index (χ3n) is 5.24. The van der Waals surface area contributed by atoms with Gasteiger partial charge in [0.05, 0.1) is 6.54 Å². The van der Waals surface area contributed by atoms with Crippen LogP contribution in [0.15, 0.2) is 18.2 Å². The summed E-state index contributed by atoms with van der Waals surface area (Å²) in [6.45, 7) is 5.27. The van der Waals surface area contributed by atoms with Crippen molar-refractivity contribution in [1.29, 1.82) is 0 Å². The highest BCUT2D eigenvalue weighted by molar-refractivity contribution is 6.35. The van der Waals surface area contributed by atoms with Crippen LogP contribution in [0.2, 0.25) is 10.0 Å². The number of hydrogen-bond donors (Lipinski definition) is 1. The van der Waals surface area contributed by atoms with Crippen molar-refractivity contribution in [2.75, 3.05) is 32.7 Å². The summed E-state index contributed by atoms with van der Waals surface area (Å²) >= 11 is 12.2. The Hall–Kier alpha value is -1.01. The van der Waals surface area contributed by atoms with E-state index in [1.165, 1.54) is 0 Å². The second-order valence-corrected chi connectivity index (χ2v) is 8.03. The number of piperidine rings is 1. The van der Waals surface area contributed by atoms with Crippen molar-refractivity contribution in [1.82, 2.24) is 15.1 Å². The molecule has 2 atom stereocenters. The van der Waals surface area contributed by atoms with Gasteiger partial charge in [0.2, 0.25) is 11.8 Å². The molecule has 1 aromatic rings. The number of benzene rings is 1. The predicted molar refractivity (Wildman–Crippen MR) is 111 cm³/mol. The summed E-state index contributed by atoms with van der Waals surface area (Å²) in [5.41, 5.74) is 0.933. The lowest BCUT2D eigenvalue weighted by Crippen LogP contribution is -2.58. The molecule has 0 aromatic heterocycles. The van der Waals surface area contributed by atoms with Gasteiger partial charge in [-0.25, -0.2) is 0 Å². The van der Waals surface area contributed by atoms with E-state index in [1.54, 1.807) is 12.1 Å². The lowest BCUT2D eigenvalue weighted by Gasteiger charge is -2.41. The summed E-state index contributed by atoms with van der Waals surface area (Å²) in [6.07, 6.45) is 2.48. The Kier molecular flexibility index (Phi) is 8.22. The quantitative estimate of drug-likeness (QED) is 0.792. The van der Waals surface area contributed by atoms with Gasteiger partial charge in [0.15, 0.2) is 0 Å². The number of rotatable bonds is 4. The van der Waals surface area contributed by atoms with Gasteiger partial charge in [0, 0.05) is 48.2 Å². The third-order valence-corrected chi connectivity index (χ3v) is 5.82. The molecular weight excluding hydrogens is 409 g/mol. The summed E-state index contributed by atoms with van der Waals surface area (Å²) in [6, 6.07) is 5.52. The number of hydrogen-bond acceptors (Lipinski definition) is 3. The zero-order chi connectivity index (χ0) is 18.7. The van der Waals surface area contributed by atoms with Gasteiger partial charge in [0.25, 0.3) is 0 Å². The smallest absolute Gasteiger partial charge is 0.236 e. The highest BCUT2D eigenvalue weighted by Gasteiger charge is 2.32. The van der Waals surface area contributed by atoms with Crippen LogP contribution in [0.5, 0.6) is 0 Å². The molecule has 0 radical (unpaired) electrons. The van der Waals surface area contributed by atoms with Crippen LogP contribution in [0.25, 0.3) is 0 Å². The Morgan fingerprint density at radius 2 is 2.11 bits per heavy atom. The van der Waals surface area contributed by atoms with Crippen molar-refractivity contribution in [3.63, 3.8) is 0 Å². The van der Waals surface area contributed by atoms with Gasteiger partial charge in [-0.15, -0.1) is 12.4 Å². The molecule has 2 amide bonds. The average Bonchev–Trinajstić information content (AvgIpc) is 2.64. The Labute approximate surface area is 176 Å². The maximum atomic E-state index is 12.9. The standard InChI is InChI=1S/C19H25Cl2N3O2.ClH/c1-13(9-14-4-5-15(20)10-17(14)21)19(26)23-7-2-3-16(12-23)24-8-6-22-11-18(24)25;/h4-5,10,13,16,22H,2-3,6-9,11-12H2,1H3;1H. The molecular formula is C19H26Cl3N3O2. The molecule has 0 saturated carbocycles. The van der Waals surface area contributed by atoms with Crippen LogP contribution in [-0.4, -0.2) is 60.4 Å². The summed E-state index contributed by atoms with van der Waals surface area (Å²) in [5.74, 6) is 0.103. The number of carbonyl (C=O) groups is 2. The van der Waals surface area contributed by atoms with E-state index >= 15 is 0 Å². The molecule has 0 spiro atoms. The van der Waals surface area contributed by atoms with Crippen LogP contribution >= 0.6 is 35.6 Å². The Bertz CT molecular complexity index is 686. The number of nitrogens with one attached hydrogen (secondary N) is 1. The number of nitrogens with zero attached hydrogens (tertiary/aromatic N) is 2. The lowest BCUT2D eigenvalue weighted by atomic mass is 9.97. The van der Waals surface area contributed by atoms with Gasteiger partial charge in [-0.2, -0.15) is 0 Å². The first-order chi connectivity index (χ1) is 12.5. The molecule has 2 heterocycles. The number of amides is 2. The van der Waals surface area contributed by atoms with Gasteiger partial charge in [-0.3, -0.25) is 9.59 Å². The fourth-order valence-corrected chi connectivity index (χ4v) is 4.32. The molecule has 2 aliphatic heterocycles. The molecule has 0 bridgehead atoms. The number of carbonyl (C=O) groups excluding carboxylic acids is 2. The molecule has 3 rings (SSSR count). The van der Waals surface area contributed by atoms with Gasteiger partial charge < -0.3 is 15.1 Å². The van der Waals surface area contributed by atoms with E-state index in [2.05, 4.69) is 5.32 Å². The molecule has 27 heavy (non-hydrogen) atoms. The zero-order valence-electron chi connectivity index (χ0n) is 15.4. The van der Waals surface area contributed by atoms with E-state index in [4.69, 9.17) is 23.2 Å². The number of piperazine rings is 1. The van der Waals surface area contributed by atoms with E-state index in [-0.39, 0.29) is 36.2 Å². The van der Waals surface area contributed by atoms with Crippen LogP contribution in [0.1, 0.15) is 25.3 Å². The van der Waals surface area contributed by atoms with E-state index in [0.29, 0.717) is 29.6 Å². The fourth-order valence-electron chi connectivity index (χ4n) is 3.83. The lowest BCUT2D eigenvalue weighted by molar-refractivity contribution is -0.142. The number of likely N-dealkylation sites (tertiary alicyclic amines) is 1. The molecule has 0 aliphatic carbocycles. The van der Waals surface area contributed by atoms with Gasteiger partial charge in [0.1, 0.15) is 0 Å². The minimum Gasteiger partial charge on any atom is -0.340 e. The van der Waals surface area contributed by atoms with Crippen molar-refractivity contribution in [3.05, 3.63) is 33.8 Å². The Morgan fingerprint density at radius 1 is 1.33 bits per heavy atom. The van der Waals surface area contributed by atoms with Crippen molar-refractivity contribution in [3.8, 4) is 0 Å². The molecule has 8 heteroatoms. The maximum absolute atomic E-state index is 12.9. The van der Waals surface area contributed by atoms with E-state index in [9.17, 15) is 9.59 Å². The Morgan fingerprint density at radius 3 is 2.81 bits per heavy atom. The first kappa shape index (κ1) is 22.3. The van der Waals surface area contributed by atoms with Crippen LogP contribution < -0.4 is 5.32 Å². The van der Waals surface area contributed by atoms with Crippen LogP contribution in [0.4, 0.5) is 0 Å². The van der Waals surface area contributed by atoms with Gasteiger partial charge >= 0.3 is 0 Å². The first-order valence-corrected chi connectivity index (χ1v) is 9.94. The monoisotopic (exact) mass is 433 g/mol. The largest absolute Gasteiger partial charge is 0.340 e. The molecule has 150 valence electrons. The molecule has 2 aliphatic rings. The summed E-state index contributed by atoms with van der Waals surface area (Å²) in [7, 11) is 0. The molecule has 2 saturated heterocycles. The van der Waals surface area contributed by atoms with E-state index < -0.39 is 0 Å². The minimum atomic E-state index is -0.161. The van der Waals surface area contributed by atoms with Crippen molar-refractivity contribution in [2.45, 2.75) is 32.2 Å². The summed E-state index contributed by atoms with van der Waals surface area (Å²) in [4.78, 5) is 28.9. The van der Waals surface area contributed by atoms with E-state index in [1.807, 2.05) is 22.8 Å². The van der Waals surface area contributed by atoms with Crippen molar-refractivity contribution in [2.24, 2.45) is 5.92 Å². The normalized spacial score (nSPS) is 21.6. The topological polar surface area (TPSA) is 52.7 Å². The molecule has 1 N–H and O–H groups in total. The van der Waals surface area contributed by atoms with Gasteiger partial charge in [-0.1, -0.05) is 36.2 Å². The Balaban J connectivity index is 0.00000261. The SMILES string of the molecule is CC(Cc1ccc(Cl)cc1Cl)C(=O)N1CCCC(N2CCNCC2=O)C1.Cl. The average molecular weight is 435 g/mol. The first-order valence-electron chi connectivity index (χ1n) is 9.18. The molecule has 2 unspecified atom stereocenters. The maximum Gasteiger partial charge on any atom is 0.236 e. The highest BCUT2D eigenvalue weighted by Crippen LogP contribution is 2.25. The van der Waals surface area contributed by atoms with Crippen LogP contribution in [0, 0.1) is 5.92 Å². The third kappa shape index (κ3) is 5.50. The minimum absolute atomic E-state index is 0. The molecule has 1 aromatic carbocycles. The fraction of sp³-hybridized carbons (Fsp3) is 0.579. The highest BCUT2D eigenvalue weighted by atomic mass is 35.5. The van der Waals surface area contributed by atoms with Crippen molar-refractivity contribution < 1.29 is 9.59 Å². The van der Waals surface area contributed by atoms with E-state index in [0.717, 1.165) is 38.0 Å². The molecule has 5 nitrogen and oxygen atoms in total. The van der Waals surface area contributed by atoms with Crippen molar-refractivity contribution >= 4 is 47.4 Å². The second-order valence-electron chi connectivity index (χ2n) is 7.19. The second kappa shape index (κ2) is 9.97. The zero-order valence-corrected chi connectivity index (χ0v) is 17.7. The van der Waals surface area contributed by atoms with Crippen LogP contribution in [-0.2, 0) is 16.0 Å². The van der Waals surface area contributed by atoms with Crippen LogP contribution in [0.3, 0.4) is 0 Å². The molecule has 2 fully saturated rings. The summed E-state index contributed by atoms with van der Waals surface area (Å²) < 4.78 is 0.